The molecule has 1 saturated carbocycles. The van der Waals surface area contributed by atoms with Gasteiger partial charge in [0.15, 0.2) is 6.04 Å². The van der Waals surface area contributed by atoms with Crippen molar-refractivity contribution in [3.05, 3.63) is 59.7 Å². The number of likely N-dealkylation sites (N-methyl/N-ethyl adjacent to an activating group) is 1. The average Bonchev–Trinajstić information content (AvgIpc) is 3.57. The molecule has 4 rings (SSSR count). The van der Waals surface area contributed by atoms with Crippen LogP contribution in [0.25, 0.3) is 0 Å². The highest BCUT2D eigenvalue weighted by molar-refractivity contribution is 7.84. The second-order valence-electron chi connectivity index (χ2n) is 9.11. The quantitative estimate of drug-likeness (QED) is 0.330. The first-order valence-corrected chi connectivity index (χ1v) is 12.9. The third kappa shape index (κ3) is 5.67. The molecule has 2 aliphatic rings. The number of rotatable bonds is 10. The molecular weight excluding hydrogens is 457 g/mol. The van der Waals surface area contributed by atoms with Crippen LogP contribution in [0.1, 0.15) is 30.4 Å². The van der Waals surface area contributed by atoms with Crippen molar-refractivity contribution in [3.8, 4) is 0 Å². The van der Waals surface area contributed by atoms with Crippen LogP contribution < -0.4 is 14.9 Å². The van der Waals surface area contributed by atoms with Crippen LogP contribution in [0.3, 0.4) is 0 Å². The highest BCUT2D eigenvalue weighted by atomic mass is 32.2. The molecule has 0 saturated heterocycles. The summed E-state index contributed by atoms with van der Waals surface area (Å²) in [5.41, 5.74) is 2.07. The number of amides is 2. The van der Waals surface area contributed by atoms with Gasteiger partial charge in [0.2, 0.25) is 5.91 Å². The minimum Gasteiger partial charge on any atom is -0.426 e. The van der Waals surface area contributed by atoms with Gasteiger partial charge in [-0.05, 0) is 41.7 Å². The number of nitrogens with one attached hydrogen (secondary N) is 1. The van der Waals surface area contributed by atoms with Crippen molar-refractivity contribution in [2.24, 2.45) is 5.92 Å². The van der Waals surface area contributed by atoms with E-state index in [-0.39, 0.29) is 23.6 Å². The van der Waals surface area contributed by atoms with Crippen LogP contribution >= 0.6 is 0 Å². The standard InChI is InChI=1S/C23H28BN3O6S/c1-27-20-10-9-18(13-17(20)14-22(27)28)34(32,33)26-19(11-15-5-3-2-4-6-15)23(29)25-21(24(30)31)12-16-7-8-16/h2-6,9-10,13,16,19,21,26,30-31H,7-8,11-12,14H2,1H3,(H,25,29)/p+1/t19-,21-/m0/s1. The molecule has 9 nitrogen and oxygen atoms in total. The van der Waals surface area contributed by atoms with E-state index in [1.54, 1.807) is 37.4 Å². The molecule has 2 amide bonds. The van der Waals surface area contributed by atoms with Gasteiger partial charge in [0, 0.05) is 19.2 Å². The van der Waals surface area contributed by atoms with Gasteiger partial charge in [-0.3, -0.25) is 9.59 Å². The van der Waals surface area contributed by atoms with E-state index in [1.165, 1.54) is 17.0 Å². The van der Waals surface area contributed by atoms with Crippen molar-refractivity contribution < 1.29 is 32.8 Å². The Labute approximate surface area is 199 Å². The van der Waals surface area contributed by atoms with Crippen LogP contribution in [-0.2, 0) is 32.5 Å². The fraction of sp³-hybridized carbons (Fsp3) is 0.391. The zero-order chi connectivity index (χ0) is 24.5. The number of hydrogen-bond acceptors (Lipinski definition) is 6. The first-order chi connectivity index (χ1) is 16.1. The summed E-state index contributed by atoms with van der Waals surface area (Å²) in [5, 5.41) is 22.1. The topological polar surface area (TPSA) is 141 Å². The van der Waals surface area contributed by atoms with Crippen molar-refractivity contribution >= 4 is 34.6 Å². The van der Waals surface area contributed by atoms with E-state index in [0.717, 1.165) is 23.1 Å². The molecular formula is C23H29BN3O6S+. The molecule has 1 aliphatic carbocycles. The fourth-order valence-electron chi connectivity index (χ4n) is 4.25. The summed E-state index contributed by atoms with van der Waals surface area (Å²) in [7, 11) is -4.08. The van der Waals surface area contributed by atoms with E-state index in [9.17, 15) is 28.1 Å². The first-order valence-electron chi connectivity index (χ1n) is 11.3. The molecule has 0 bridgehead atoms. The summed E-state index contributed by atoms with van der Waals surface area (Å²) in [5.74, 6) is -1.23. The van der Waals surface area contributed by atoms with Gasteiger partial charge in [-0.25, -0.2) is 4.72 Å². The van der Waals surface area contributed by atoms with Crippen LogP contribution in [0.4, 0.5) is 5.69 Å². The van der Waals surface area contributed by atoms with Crippen LogP contribution in [0.15, 0.2) is 53.4 Å². The first kappa shape index (κ1) is 24.4. The molecule has 180 valence electrons. The molecule has 0 radical (unpaired) electrons. The van der Waals surface area contributed by atoms with Gasteiger partial charge in [0.25, 0.3) is 5.91 Å². The van der Waals surface area contributed by atoms with Crippen LogP contribution in [0.2, 0.25) is 0 Å². The monoisotopic (exact) mass is 486 g/mol. The summed E-state index contributed by atoms with van der Waals surface area (Å²) in [6, 6.07) is 12.5. The summed E-state index contributed by atoms with van der Waals surface area (Å²) in [6.07, 6.45) is 2.64. The molecule has 2 aromatic rings. The largest absolute Gasteiger partial charge is 0.475 e. The number of benzene rings is 2. The SMILES string of the molecule is CN1C(=O)Cc2cc(S(=O)(=O)[NH2+][C@@H](Cc3ccccc3)C(=O)N[C@@H](CC3CC3)B(O)O)ccc21. The van der Waals surface area contributed by atoms with Gasteiger partial charge >= 0.3 is 17.1 Å². The minimum absolute atomic E-state index is 0.0111. The number of quaternary nitrogens is 1. The lowest BCUT2D eigenvalue weighted by Gasteiger charge is -2.21. The maximum atomic E-state index is 13.3. The van der Waals surface area contributed by atoms with Crippen molar-refractivity contribution in [1.82, 2.24) is 5.32 Å². The summed E-state index contributed by atoms with van der Waals surface area (Å²) in [4.78, 5) is 26.6. The molecule has 2 aromatic carbocycles. The van der Waals surface area contributed by atoms with Crippen molar-refractivity contribution in [1.29, 1.82) is 0 Å². The summed E-state index contributed by atoms with van der Waals surface area (Å²) >= 11 is 0. The molecule has 5 N–H and O–H groups in total. The van der Waals surface area contributed by atoms with E-state index in [0.29, 0.717) is 23.6 Å². The van der Waals surface area contributed by atoms with E-state index in [4.69, 9.17) is 0 Å². The molecule has 34 heavy (non-hydrogen) atoms. The molecule has 1 aliphatic heterocycles. The van der Waals surface area contributed by atoms with E-state index >= 15 is 0 Å². The number of primary sulfonamides is 1. The molecule has 11 heteroatoms. The molecule has 2 atom stereocenters. The third-order valence-corrected chi connectivity index (χ3v) is 8.00. The maximum absolute atomic E-state index is 13.3. The Bertz CT molecular complexity index is 1170. The van der Waals surface area contributed by atoms with Crippen LogP contribution in [0.5, 0.6) is 0 Å². The van der Waals surface area contributed by atoms with Gasteiger partial charge in [-0.1, -0.05) is 43.2 Å². The van der Waals surface area contributed by atoms with Crippen LogP contribution in [-0.4, -0.2) is 56.4 Å². The Morgan fingerprint density at radius 3 is 2.56 bits per heavy atom. The van der Waals surface area contributed by atoms with Gasteiger partial charge in [0.05, 0.1) is 12.4 Å². The molecule has 0 aromatic heterocycles. The third-order valence-electron chi connectivity index (χ3n) is 6.41. The van der Waals surface area contributed by atoms with E-state index in [1.807, 2.05) is 6.07 Å². The predicted molar refractivity (Wildman–Crippen MR) is 126 cm³/mol. The number of nitrogens with zero attached hydrogens (tertiary/aromatic N) is 1. The summed E-state index contributed by atoms with van der Waals surface area (Å²) in [6.45, 7) is 0. The number of hydrogen-bond donors (Lipinski definition) is 4. The lowest BCUT2D eigenvalue weighted by Crippen LogP contribution is -2.95. The highest BCUT2D eigenvalue weighted by Gasteiger charge is 2.37. The number of sulfonamides is 1. The van der Waals surface area contributed by atoms with Crippen molar-refractivity contribution in [2.75, 3.05) is 11.9 Å². The Balaban J connectivity index is 1.56. The minimum atomic E-state index is -3.99. The lowest BCUT2D eigenvalue weighted by atomic mass is 9.76. The van der Waals surface area contributed by atoms with Crippen molar-refractivity contribution in [3.63, 3.8) is 0 Å². The van der Waals surface area contributed by atoms with E-state index in [2.05, 4.69) is 5.32 Å². The Morgan fingerprint density at radius 2 is 1.91 bits per heavy atom. The lowest BCUT2D eigenvalue weighted by molar-refractivity contribution is -0.525. The summed E-state index contributed by atoms with van der Waals surface area (Å²) < 4.78 is 27.6. The second kappa shape index (κ2) is 9.87. The number of nitrogens with two attached hydrogens (primary N) is 1. The smallest absolute Gasteiger partial charge is 0.426 e. The normalized spacial score (nSPS) is 17.3. The Morgan fingerprint density at radius 1 is 1.21 bits per heavy atom. The number of carbonyl (C=O) groups excluding carboxylic acids is 2. The fourth-order valence-corrected chi connectivity index (χ4v) is 5.62. The Kier molecular flexibility index (Phi) is 7.08. The molecule has 1 heterocycles. The second-order valence-corrected chi connectivity index (χ2v) is 10.9. The van der Waals surface area contributed by atoms with Crippen molar-refractivity contribution in [2.45, 2.75) is 49.0 Å². The van der Waals surface area contributed by atoms with Gasteiger partial charge in [-0.2, -0.15) is 8.42 Å². The highest BCUT2D eigenvalue weighted by Crippen LogP contribution is 2.33. The van der Waals surface area contributed by atoms with E-state index < -0.39 is 35.0 Å². The predicted octanol–water partition coefficient (Wildman–Crippen LogP) is -0.634. The molecule has 1 fully saturated rings. The van der Waals surface area contributed by atoms with Gasteiger partial charge in [-0.15, -0.1) is 0 Å². The molecule has 0 spiro atoms. The number of fused-ring (bicyclic) bond motifs is 1. The van der Waals surface area contributed by atoms with Crippen LogP contribution in [0, 0.1) is 5.92 Å². The zero-order valence-corrected chi connectivity index (χ0v) is 19.7. The van der Waals surface area contributed by atoms with Gasteiger partial charge in [0.1, 0.15) is 4.90 Å². The van der Waals surface area contributed by atoms with Gasteiger partial charge < -0.3 is 20.3 Å². The number of carbonyl (C=O) groups is 2. The number of anilines is 1. The zero-order valence-electron chi connectivity index (χ0n) is 18.9. The molecule has 0 unspecified atom stereocenters. The average molecular weight is 486 g/mol. The maximum Gasteiger partial charge on any atom is 0.475 e. The Hall–Kier alpha value is -2.73.